The molecule has 3 aromatic rings. The van der Waals surface area contributed by atoms with Crippen molar-refractivity contribution in [2.45, 2.75) is 0 Å². The third kappa shape index (κ3) is 2.19. The lowest BCUT2D eigenvalue weighted by Gasteiger charge is -2.03. The first-order valence-electron chi connectivity index (χ1n) is 5.50. The normalized spacial score (nSPS) is 10.8. The standard InChI is InChI=1S/C13H8IN3O2/c14-9-2-1-3-10(7-9)17-12-6-8(13(18)19)4-5-11(12)15-16-17/h1-7H,(H,18,19). The lowest BCUT2D eigenvalue weighted by Crippen LogP contribution is -1.99. The zero-order valence-corrected chi connectivity index (χ0v) is 11.8. The lowest BCUT2D eigenvalue weighted by molar-refractivity contribution is 0.0697. The molecular formula is C13H8IN3O2. The number of benzene rings is 2. The number of hydrogen-bond acceptors (Lipinski definition) is 3. The summed E-state index contributed by atoms with van der Waals surface area (Å²) in [5, 5.41) is 17.2. The number of carboxylic acids is 1. The maximum absolute atomic E-state index is 11.0. The second-order valence-electron chi connectivity index (χ2n) is 3.99. The molecule has 0 fully saturated rings. The summed E-state index contributed by atoms with van der Waals surface area (Å²) >= 11 is 2.22. The van der Waals surface area contributed by atoms with Crippen LogP contribution in [-0.2, 0) is 0 Å². The summed E-state index contributed by atoms with van der Waals surface area (Å²) in [6.07, 6.45) is 0. The maximum atomic E-state index is 11.0. The molecular weight excluding hydrogens is 357 g/mol. The molecule has 5 nitrogen and oxygen atoms in total. The van der Waals surface area contributed by atoms with Crippen molar-refractivity contribution < 1.29 is 9.90 Å². The van der Waals surface area contributed by atoms with Crippen LogP contribution in [0.25, 0.3) is 16.7 Å². The van der Waals surface area contributed by atoms with Crippen molar-refractivity contribution in [3.63, 3.8) is 0 Å². The van der Waals surface area contributed by atoms with Crippen molar-refractivity contribution in [2.75, 3.05) is 0 Å². The van der Waals surface area contributed by atoms with Crippen molar-refractivity contribution in [3.8, 4) is 5.69 Å². The molecule has 6 heteroatoms. The molecule has 1 heterocycles. The summed E-state index contributed by atoms with van der Waals surface area (Å²) in [5.74, 6) is -0.961. The van der Waals surface area contributed by atoms with Crippen LogP contribution >= 0.6 is 22.6 Å². The number of fused-ring (bicyclic) bond motifs is 1. The molecule has 0 atom stereocenters. The van der Waals surface area contributed by atoms with Crippen molar-refractivity contribution >= 4 is 39.6 Å². The van der Waals surface area contributed by atoms with E-state index >= 15 is 0 Å². The van der Waals surface area contributed by atoms with E-state index in [1.807, 2.05) is 24.3 Å². The average Bonchev–Trinajstić information content (AvgIpc) is 2.81. The Bertz CT molecular complexity index is 782. The summed E-state index contributed by atoms with van der Waals surface area (Å²) in [4.78, 5) is 11.0. The first-order chi connectivity index (χ1) is 9.15. The number of halogens is 1. The van der Waals surface area contributed by atoms with Gasteiger partial charge < -0.3 is 5.11 Å². The Kier molecular flexibility index (Phi) is 2.94. The molecule has 0 aliphatic heterocycles. The van der Waals surface area contributed by atoms with Crippen LogP contribution in [0.1, 0.15) is 10.4 Å². The van der Waals surface area contributed by atoms with Gasteiger partial charge in [-0.2, -0.15) is 0 Å². The Labute approximate surface area is 122 Å². The van der Waals surface area contributed by atoms with Crippen LogP contribution < -0.4 is 0 Å². The fourth-order valence-corrected chi connectivity index (χ4v) is 2.38. The summed E-state index contributed by atoms with van der Waals surface area (Å²) in [6, 6.07) is 12.5. The van der Waals surface area contributed by atoms with E-state index in [0.717, 1.165) is 9.26 Å². The molecule has 3 rings (SSSR count). The zero-order valence-electron chi connectivity index (χ0n) is 9.62. The quantitative estimate of drug-likeness (QED) is 0.710. The van der Waals surface area contributed by atoms with Crippen LogP contribution in [0.4, 0.5) is 0 Å². The number of aromatic nitrogens is 3. The molecule has 0 radical (unpaired) electrons. The van der Waals surface area contributed by atoms with E-state index in [1.54, 1.807) is 16.8 Å². The van der Waals surface area contributed by atoms with Crippen LogP contribution in [0.2, 0.25) is 0 Å². The molecule has 0 aliphatic carbocycles. The van der Waals surface area contributed by atoms with Crippen LogP contribution in [0, 0.1) is 3.57 Å². The molecule has 0 saturated heterocycles. The molecule has 19 heavy (non-hydrogen) atoms. The molecule has 0 saturated carbocycles. The van der Waals surface area contributed by atoms with E-state index < -0.39 is 5.97 Å². The van der Waals surface area contributed by atoms with Gasteiger partial charge in [0.2, 0.25) is 0 Å². The van der Waals surface area contributed by atoms with Gasteiger partial charge in [0, 0.05) is 3.57 Å². The Balaban J connectivity index is 2.24. The van der Waals surface area contributed by atoms with Gasteiger partial charge >= 0.3 is 5.97 Å². The highest BCUT2D eigenvalue weighted by Gasteiger charge is 2.10. The number of nitrogens with zero attached hydrogens (tertiary/aromatic N) is 3. The number of aromatic carboxylic acids is 1. The van der Waals surface area contributed by atoms with Crippen LogP contribution in [0.5, 0.6) is 0 Å². The highest BCUT2D eigenvalue weighted by Crippen LogP contribution is 2.19. The molecule has 0 aliphatic rings. The van der Waals surface area contributed by atoms with E-state index in [1.165, 1.54) is 6.07 Å². The molecule has 0 unspecified atom stereocenters. The number of rotatable bonds is 2. The predicted octanol–water partition coefficient (Wildman–Crippen LogP) is 2.72. The second kappa shape index (κ2) is 4.61. The largest absolute Gasteiger partial charge is 0.478 e. The van der Waals surface area contributed by atoms with Crippen LogP contribution in [-0.4, -0.2) is 26.1 Å². The smallest absolute Gasteiger partial charge is 0.335 e. The fourth-order valence-electron chi connectivity index (χ4n) is 1.85. The number of hydrogen-bond donors (Lipinski definition) is 1. The van der Waals surface area contributed by atoms with Gasteiger partial charge in [-0.25, -0.2) is 9.48 Å². The molecule has 0 spiro atoms. The topological polar surface area (TPSA) is 68.0 Å². The lowest BCUT2D eigenvalue weighted by atomic mass is 10.2. The number of carbonyl (C=O) groups is 1. The minimum Gasteiger partial charge on any atom is -0.478 e. The van der Waals surface area contributed by atoms with E-state index in [4.69, 9.17) is 5.11 Å². The third-order valence-corrected chi connectivity index (χ3v) is 3.42. The first kappa shape index (κ1) is 12.1. The fraction of sp³-hybridized carbons (Fsp3) is 0. The van der Waals surface area contributed by atoms with Gasteiger partial charge in [-0.05, 0) is 59.0 Å². The minimum absolute atomic E-state index is 0.224. The first-order valence-corrected chi connectivity index (χ1v) is 6.58. The van der Waals surface area contributed by atoms with Gasteiger partial charge in [-0.15, -0.1) is 5.10 Å². The second-order valence-corrected chi connectivity index (χ2v) is 5.24. The van der Waals surface area contributed by atoms with Crippen LogP contribution in [0.3, 0.4) is 0 Å². The zero-order chi connectivity index (χ0) is 13.4. The summed E-state index contributed by atoms with van der Waals surface area (Å²) in [5.41, 5.74) is 2.43. The van der Waals surface area contributed by atoms with Crippen molar-refractivity contribution in [1.82, 2.24) is 15.0 Å². The van der Waals surface area contributed by atoms with Gasteiger partial charge in [0.05, 0.1) is 16.8 Å². The van der Waals surface area contributed by atoms with Crippen molar-refractivity contribution in [2.24, 2.45) is 0 Å². The van der Waals surface area contributed by atoms with Crippen molar-refractivity contribution in [1.29, 1.82) is 0 Å². The maximum Gasteiger partial charge on any atom is 0.335 e. The average molecular weight is 365 g/mol. The molecule has 94 valence electrons. The van der Waals surface area contributed by atoms with Crippen LogP contribution in [0.15, 0.2) is 42.5 Å². The summed E-state index contributed by atoms with van der Waals surface area (Å²) in [6.45, 7) is 0. The van der Waals surface area contributed by atoms with Gasteiger partial charge in [-0.1, -0.05) is 11.3 Å². The Morgan fingerprint density at radius 2 is 2.05 bits per heavy atom. The summed E-state index contributed by atoms with van der Waals surface area (Å²) < 4.78 is 2.72. The van der Waals surface area contributed by atoms with E-state index in [9.17, 15) is 4.79 Å². The highest BCUT2D eigenvalue weighted by atomic mass is 127. The van der Waals surface area contributed by atoms with Gasteiger partial charge in [0.15, 0.2) is 0 Å². The SMILES string of the molecule is O=C(O)c1ccc2nnn(-c3cccc(I)c3)c2c1. The van der Waals surface area contributed by atoms with Gasteiger partial charge in [-0.3, -0.25) is 0 Å². The minimum atomic E-state index is -0.961. The molecule has 1 aromatic heterocycles. The van der Waals surface area contributed by atoms with E-state index in [2.05, 4.69) is 32.9 Å². The molecule has 2 aromatic carbocycles. The Morgan fingerprint density at radius 3 is 2.79 bits per heavy atom. The van der Waals surface area contributed by atoms with E-state index in [-0.39, 0.29) is 5.56 Å². The number of carboxylic acid groups (broad SMARTS) is 1. The van der Waals surface area contributed by atoms with Gasteiger partial charge in [0.25, 0.3) is 0 Å². The van der Waals surface area contributed by atoms with Gasteiger partial charge in [0.1, 0.15) is 5.52 Å². The Hall–Kier alpha value is -1.96. The predicted molar refractivity (Wildman–Crippen MR) is 78.5 cm³/mol. The Morgan fingerprint density at radius 1 is 1.21 bits per heavy atom. The molecule has 0 amide bonds. The third-order valence-electron chi connectivity index (χ3n) is 2.75. The monoisotopic (exact) mass is 365 g/mol. The highest BCUT2D eigenvalue weighted by molar-refractivity contribution is 14.1. The summed E-state index contributed by atoms with van der Waals surface area (Å²) in [7, 11) is 0. The van der Waals surface area contributed by atoms with E-state index in [0.29, 0.717) is 11.0 Å². The molecule has 1 N–H and O–H groups in total. The van der Waals surface area contributed by atoms with Crippen molar-refractivity contribution in [3.05, 3.63) is 51.6 Å². The molecule has 0 bridgehead atoms.